The predicted molar refractivity (Wildman–Crippen MR) is 98.7 cm³/mol. The second kappa shape index (κ2) is 7.57. The molecule has 0 aromatic heterocycles. The van der Waals surface area contributed by atoms with Crippen LogP contribution in [0.2, 0.25) is 0 Å². The maximum Gasteiger partial charge on any atom is 0.269 e. The fraction of sp³-hybridized carbons (Fsp3) is 0.222. The molecule has 7 nitrogen and oxygen atoms in total. The van der Waals surface area contributed by atoms with Crippen molar-refractivity contribution in [1.82, 2.24) is 0 Å². The van der Waals surface area contributed by atoms with Crippen LogP contribution in [0.25, 0.3) is 0 Å². The summed E-state index contributed by atoms with van der Waals surface area (Å²) in [5.41, 5.74) is 3.90. The fourth-order valence-corrected chi connectivity index (χ4v) is 1.92. The Balaban J connectivity index is 2.05. The van der Waals surface area contributed by atoms with Gasteiger partial charge in [0, 0.05) is 17.8 Å². The molecule has 25 heavy (non-hydrogen) atoms. The van der Waals surface area contributed by atoms with Gasteiger partial charge < -0.3 is 5.32 Å². The van der Waals surface area contributed by atoms with E-state index in [1.807, 2.05) is 30.3 Å². The van der Waals surface area contributed by atoms with Gasteiger partial charge in [0.05, 0.1) is 21.7 Å². The Hall–Kier alpha value is -3.22. The van der Waals surface area contributed by atoms with Crippen LogP contribution in [0.3, 0.4) is 0 Å². The Morgan fingerprint density at radius 3 is 2.20 bits per heavy atom. The number of hydrogen-bond donors (Lipinski definition) is 2. The number of benzene rings is 2. The van der Waals surface area contributed by atoms with Gasteiger partial charge in [-0.3, -0.25) is 20.3 Å². The highest BCUT2D eigenvalue weighted by atomic mass is 16.6. The van der Waals surface area contributed by atoms with Gasteiger partial charge in [0.2, 0.25) is 5.91 Å². The molecule has 0 atom stereocenters. The lowest BCUT2D eigenvalue weighted by atomic mass is 9.87. The molecule has 0 bridgehead atoms. The van der Waals surface area contributed by atoms with Crippen molar-refractivity contribution in [1.29, 1.82) is 0 Å². The fourth-order valence-electron chi connectivity index (χ4n) is 1.92. The van der Waals surface area contributed by atoms with E-state index in [-0.39, 0.29) is 11.6 Å². The summed E-state index contributed by atoms with van der Waals surface area (Å²) in [6, 6.07) is 15.1. The molecule has 0 unspecified atom stereocenters. The molecule has 0 aliphatic rings. The summed E-state index contributed by atoms with van der Waals surface area (Å²) >= 11 is 0. The molecule has 2 aromatic rings. The van der Waals surface area contributed by atoms with Crippen LogP contribution in [-0.4, -0.2) is 16.5 Å². The van der Waals surface area contributed by atoms with E-state index in [0.717, 1.165) is 5.69 Å². The van der Waals surface area contributed by atoms with Crippen LogP contribution in [0.5, 0.6) is 0 Å². The summed E-state index contributed by atoms with van der Waals surface area (Å²) in [4.78, 5) is 22.7. The Labute approximate surface area is 145 Å². The van der Waals surface area contributed by atoms with Crippen molar-refractivity contribution in [2.45, 2.75) is 20.8 Å². The maximum atomic E-state index is 12.5. The number of nitrogens with one attached hydrogen (secondary N) is 2. The Bertz CT molecular complexity index is 784. The number of hydrazone groups is 1. The van der Waals surface area contributed by atoms with Crippen LogP contribution < -0.4 is 10.7 Å². The van der Waals surface area contributed by atoms with Crippen molar-refractivity contribution in [3.8, 4) is 0 Å². The van der Waals surface area contributed by atoms with Gasteiger partial charge in [0.1, 0.15) is 0 Å². The number of para-hydroxylation sites is 1. The van der Waals surface area contributed by atoms with Crippen molar-refractivity contribution in [3.63, 3.8) is 0 Å². The predicted octanol–water partition coefficient (Wildman–Crippen LogP) is 4.05. The molecule has 0 saturated carbocycles. The first-order valence-corrected chi connectivity index (χ1v) is 7.72. The van der Waals surface area contributed by atoms with Crippen molar-refractivity contribution in [2.24, 2.45) is 10.5 Å². The summed E-state index contributed by atoms with van der Waals surface area (Å²) in [5, 5.41) is 17.7. The summed E-state index contributed by atoms with van der Waals surface area (Å²) < 4.78 is 0. The standard InChI is InChI=1S/C18H20N4O3/c1-13(20-21-15-9-11-16(12-10-15)22(24)25)18(2,3)17(23)19-14-7-5-4-6-8-14/h4-12,21H,1-3H3,(H,19,23)/b20-13+. The maximum absolute atomic E-state index is 12.5. The molecule has 2 N–H and O–H groups in total. The molecule has 0 spiro atoms. The topological polar surface area (TPSA) is 96.6 Å². The van der Waals surface area contributed by atoms with E-state index in [0.29, 0.717) is 11.4 Å². The summed E-state index contributed by atoms with van der Waals surface area (Å²) in [5.74, 6) is -0.176. The van der Waals surface area contributed by atoms with E-state index in [1.54, 1.807) is 32.9 Å². The van der Waals surface area contributed by atoms with Gasteiger partial charge in [-0.2, -0.15) is 5.10 Å². The second-order valence-corrected chi connectivity index (χ2v) is 6.06. The number of amides is 1. The van der Waals surface area contributed by atoms with Crippen molar-refractivity contribution in [3.05, 3.63) is 64.7 Å². The van der Waals surface area contributed by atoms with Gasteiger partial charge in [-0.25, -0.2) is 0 Å². The number of nitrogens with zero attached hydrogens (tertiary/aromatic N) is 2. The van der Waals surface area contributed by atoms with Gasteiger partial charge in [0.15, 0.2) is 0 Å². The average molecular weight is 340 g/mol. The monoisotopic (exact) mass is 340 g/mol. The minimum Gasteiger partial charge on any atom is -0.325 e. The Kier molecular flexibility index (Phi) is 5.49. The Morgan fingerprint density at radius 2 is 1.64 bits per heavy atom. The van der Waals surface area contributed by atoms with E-state index in [2.05, 4.69) is 15.8 Å². The Morgan fingerprint density at radius 1 is 1.04 bits per heavy atom. The molecule has 2 aromatic carbocycles. The normalized spacial score (nSPS) is 11.7. The van der Waals surface area contributed by atoms with Gasteiger partial charge in [-0.1, -0.05) is 18.2 Å². The van der Waals surface area contributed by atoms with Crippen LogP contribution in [0.1, 0.15) is 20.8 Å². The van der Waals surface area contributed by atoms with Crippen molar-refractivity contribution >= 4 is 28.7 Å². The number of anilines is 2. The summed E-state index contributed by atoms with van der Waals surface area (Å²) in [6.45, 7) is 5.31. The number of nitro groups is 1. The minimum absolute atomic E-state index is 0.00817. The molecule has 7 heteroatoms. The summed E-state index contributed by atoms with van der Waals surface area (Å²) in [6.07, 6.45) is 0. The second-order valence-electron chi connectivity index (χ2n) is 6.06. The molecule has 0 radical (unpaired) electrons. The lowest BCUT2D eigenvalue weighted by molar-refractivity contribution is -0.384. The molecule has 0 heterocycles. The number of nitro benzene ring substituents is 1. The molecule has 0 aliphatic carbocycles. The average Bonchev–Trinajstić information content (AvgIpc) is 2.60. The number of rotatable bonds is 6. The van der Waals surface area contributed by atoms with Gasteiger partial charge in [0.25, 0.3) is 5.69 Å². The molecule has 1 amide bonds. The molecule has 0 saturated heterocycles. The largest absolute Gasteiger partial charge is 0.325 e. The zero-order chi connectivity index (χ0) is 18.4. The summed E-state index contributed by atoms with van der Waals surface area (Å²) in [7, 11) is 0. The quantitative estimate of drug-likeness (QED) is 0.471. The zero-order valence-corrected chi connectivity index (χ0v) is 14.3. The van der Waals surface area contributed by atoms with Gasteiger partial charge >= 0.3 is 0 Å². The minimum atomic E-state index is -0.830. The third-order valence-electron chi connectivity index (χ3n) is 3.93. The highest BCUT2D eigenvalue weighted by Crippen LogP contribution is 2.22. The highest BCUT2D eigenvalue weighted by Gasteiger charge is 2.31. The smallest absolute Gasteiger partial charge is 0.269 e. The van der Waals surface area contributed by atoms with Crippen LogP contribution in [0.15, 0.2) is 59.7 Å². The lowest BCUT2D eigenvalue weighted by Gasteiger charge is -2.23. The van der Waals surface area contributed by atoms with Gasteiger partial charge in [-0.05, 0) is 45.0 Å². The van der Waals surface area contributed by atoms with E-state index >= 15 is 0 Å². The van der Waals surface area contributed by atoms with Crippen LogP contribution >= 0.6 is 0 Å². The molecular formula is C18H20N4O3. The van der Waals surface area contributed by atoms with Crippen LogP contribution in [-0.2, 0) is 4.79 Å². The first kappa shape index (κ1) is 18.1. The third kappa shape index (κ3) is 4.63. The number of hydrogen-bond acceptors (Lipinski definition) is 5. The first-order valence-electron chi connectivity index (χ1n) is 7.72. The van der Waals surface area contributed by atoms with Gasteiger partial charge in [-0.15, -0.1) is 0 Å². The molecule has 0 fully saturated rings. The van der Waals surface area contributed by atoms with Crippen LogP contribution in [0.4, 0.5) is 17.1 Å². The molecule has 130 valence electrons. The van der Waals surface area contributed by atoms with E-state index < -0.39 is 10.3 Å². The number of carbonyl (C=O) groups excluding carboxylic acids is 1. The number of non-ortho nitro benzene ring substituents is 1. The van der Waals surface area contributed by atoms with Crippen LogP contribution in [0, 0.1) is 15.5 Å². The van der Waals surface area contributed by atoms with E-state index in [9.17, 15) is 14.9 Å². The van der Waals surface area contributed by atoms with E-state index in [4.69, 9.17) is 0 Å². The third-order valence-corrected chi connectivity index (χ3v) is 3.93. The number of carbonyl (C=O) groups is 1. The molecule has 0 aliphatic heterocycles. The van der Waals surface area contributed by atoms with E-state index in [1.165, 1.54) is 12.1 Å². The van der Waals surface area contributed by atoms with Crippen molar-refractivity contribution < 1.29 is 9.72 Å². The zero-order valence-electron chi connectivity index (χ0n) is 14.3. The lowest BCUT2D eigenvalue weighted by Crippen LogP contribution is -2.37. The SMILES string of the molecule is C/C(=N\Nc1ccc([N+](=O)[O-])cc1)C(C)(C)C(=O)Nc1ccccc1. The molecule has 2 rings (SSSR count). The highest BCUT2D eigenvalue weighted by molar-refractivity contribution is 6.11. The van der Waals surface area contributed by atoms with Crippen molar-refractivity contribution in [2.75, 3.05) is 10.7 Å². The first-order chi connectivity index (χ1) is 11.8. The molecular weight excluding hydrogens is 320 g/mol.